The van der Waals surface area contributed by atoms with Crippen molar-refractivity contribution in [2.45, 2.75) is 32.9 Å². The second-order valence-corrected chi connectivity index (χ2v) is 8.11. The monoisotopic (exact) mass is 405 g/mol. The van der Waals surface area contributed by atoms with E-state index in [4.69, 9.17) is 11.6 Å². The lowest BCUT2D eigenvalue weighted by Gasteiger charge is -2.24. The maximum Gasteiger partial charge on any atom is 0.226 e. The van der Waals surface area contributed by atoms with E-state index in [9.17, 15) is 4.79 Å². The first kappa shape index (κ1) is 18.1. The van der Waals surface area contributed by atoms with Gasteiger partial charge in [-0.1, -0.05) is 41.4 Å². The van der Waals surface area contributed by atoms with E-state index < -0.39 is 0 Å². The van der Waals surface area contributed by atoms with Gasteiger partial charge in [0.15, 0.2) is 5.65 Å². The van der Waals surface area contributed by atoms with Crippen molar-refractivity contribution >= 4 is 34.1 Å². The highest BCUT2D eigenvalue weighted by atomic mass is 35.5. The van der Waals surface area contributed by atoms with Crippen LogP contribution >= 0.6 is 11.6 Å². The van der Waals surface area contributed by atoms with Crippen LogP contribution in [-0.2, 0) is 17.9 Å². The van der Waals surface area contributed by atoms with Crippen LogP contribution < -0.4 is 0 Å². The number of hydrogen-bond donors (Lipinski definition) is 0. The van der Waals surface area contributed by atoms with Crippen molar-refractivity contribution < 1.29 is 4.79 Å². The zero-order valence-corrected chi connectivity index (χ0v) is 16.8. The molecule has 0 aliphatic heterocycles. The lowest BCUT2D eigenvalue weighted by atomic mass is 10.1. The summed E-state index contributed by atoms with van der Waals surface area (Å²) in [5.74, 6) is 0.284. The van der Waals surface area contributed by atoms with Crippen molar-refractivity contribution in [3.63, 3.8) is 0 Å². The summed E-state index contributed by atoms with van der Waals surface area (Å²) >= 11 is 6.37. The van der Waals surface area contributed by atoms with E-state index in [-0.39, 0.29) is 11.8 Å². The number of carbonyl (C=O) groups is 1. The molecule has 0 radical (unpaired) electrons. The minimum atomic E-state index is 0.118. The predicted octanol–water partition coefficient (Wildman–Crippen LogP) is 4.18. The summed E-state index contributed by atoms with van der Waals surface area (Å²) in [5.41, 5.74) is 4.65. The molecule has 0 saturated heterocycles. The quantitative estimate of drug-likeness (QED) is 0.499. The van der Waals surface area contributed by atoms with Crippen LogP contribution in [0.25, 0.3) is 16.6 Å². The molecule has 1 aliphatic rings. The molecule has 1 amide bonds. The molecule has 1 fully saturated rings. The lowest BCUT2D eigenvalue weighted by molar-refractivity contribution is -0.133. The maximum absolute atomic E-state index is 13.0. The molecule has 0 N–H and O–H groups in total. The van der Waals surface area contributed by atoms with Gasteiger partial charge in [0.1, 0.15) is 0 Å². The van der Waals surface area contributed by atoms with Gasteiger partial charge in [0, 0.05) is 35.0 Å². The van der Waals surface area contributed by atoms with Gasteiger partial charge < -0.3 is 4.90 Å². The third-order valence-electron chi connectivity index (χ3n) is 5.42. The number of pyridine rings is 1. The Hall–Kier alpha value is -2.99. The van der Waals surface area contributed by atoms with Crippen LogP contribution in [0.15, 0.2) is 48.5 Å². The van der Waals surface area contributed by atoms with Crippen molar-refractivity contribution in [2.24, 2.45) is 5.92 Å². The Kier molecular flexibility index (Phi) is 4.43. The molecule has 1 saturated carbocycles. The first-order valence-electron chi connectivity index (χ1n) is 9.73. The van der Waals surface area contributed by atoms with E-state index in [1.54, 1.807) is 4.52 Å². The highest BCUT2D eigenvalue weighted by Crippen LogP contribution is 2.33. The molecule has 0 bridgehead atoms. The molecule has 29 heavy (non-hydrogen) atoms. The Labute approximate surface area is 173 Å². The normalized spacial score (nSPS) is 13.9. The summed E-state index contributed by atoms with van der Waals surface area (Å²) in [6.07, 6.45) is 1.91. The number of tetrazole rings is 1. The molecule has 2 heterocycles. The van der Waals surface area contributed by atoms with E-state index in [0.717, 1.165) is 40.4 Å². The van der Waals surface area contributed by atoms with Gasteiger partial charge in [0.05, 0.1) is 5.52 Å². The molecular formula is C22H20ClN5O. The molecule has 1 aliphatic carbocycles. The molecule has 5 rings (SSSR count). The first-order valence-corrected chi connectivity index (χ1v) is 10.1. The van der Waals surface area contributed by atoms with Crippen molar-refractivity contribution in [1.29, 1.82) is 0 Å². The van der Waals surface area contributed by atoms with Gasteiger partial charge >= 0.3 is 0 Å². The molecule has 0 unspecified atom stereocenters. The average Bonchev–Trinajstić information content (AvgIpc) is 3.44. The van der Waals surface area contributed by atoms with Crippen LogP contribution in [0, 0.1) is 12.8 Å². The van der Waals surface area contributed by atoms with E-state index in [1.165, 1.54) is 0 Å². The minimum Gasteiger partial charge on any atom is -0.334 e. The summed E-state index contributed by atoms with van der Waals surface area (Å²) in [7, 11) is 0. The van der Waals surface area contributed by atoms with Crippen LogP contribution in [0.4, 0.5) is 0 Å². The molecule has 0 atom stereocenters. The second kappa shape index (κ2) is 7.12. The van der Waals surface area contributed by atoms with Gasteiger partial charge in [0.25, 0.3) is 0 Å². The molecular weight excluding hydrogens is 386 g/mol. The maximum atomic E-state index is 13.0. The second-order valence-electron chi connectivity index (χ2n) is 7.71. The van der Waals surface area contributed by atoms with E-state index >= 15 is 0 Å². The molecule has 146 valence electrons. The first-order chi connectivity index (χ1) is 14.1. The van der Waals surface area contributed by atoms with E-state index in [1.807, 2.05) is 41.3 Å². The van der Waals surface area contributed by atoms with Crippen molar-refractivity contribution in [2.75, 3.05) is 0 Å². The molecule has 6 nitrogen and oxygen atoms in total. The summed E-state index contributed by atoms with van der Waals surface area (Å²) < 4.78 is 1.75. The SMILES string of the molecule is Cc1ccc2c(c1)cc(CN(Cc1ccccc1Cl)C(=O)C1CC1)c1nnnn12. The number of amides is 1. The predicted molar refractivity (Wildman–Crippen MR) is 111 cm³/mol. The van der Waals surface area contributed by atoms with Gasteiger partial charge in [-0.3, -0.25) is 4.79 Å². The number of benzene rings is 2. The van der Waals surface area contributed by atoms with Crippen LogP contribution in [0.3, 0.4) is 0 Å². The van der Waals surface area contributed by atoms with Crippen LogP contribution in [0.2, 0.25) is 5.02 Å². The summed E-state index contributed by atoms with van der Waals surface area (Å²) in [6.45, 7) is 2.96. The highest BCUT2D eigenvalue weighted by Gasteiger charge is 2.34. The largest absolute Gasteiger partial charge is 0.334 e. The number of carbonyl (C=O) groups excluding carboxylic acids is 1. The number of aryl methyl sites for hydroxylation is 1. The third kappa shape index (κ3) is 3.44. The fourth-order valence-corrected chi connectivity index (χ4v) is 3.93. The molecule has 2 aromatic heterocycles. The third-order valence-corrected chi connectivity index (χ3v) is 5.78. The van der Waals surface area contributed by atoms with Crippen LogP contribution in [0.5, 0.6) is 0 Å². The van der Waals surface area contributed by atoms with Gasteiger partial charge in [0.2, 0.25) is 5.91 Å². The Morgan fingerprint density at radius 1 is 1.14 bits per heavy atom. The van der Waals surface area contributed by atoms with Gasteiger partial charge in [-0.05, 0) is 60.0 Å². The summed E-state index contributed by atoms with van der Waals surface area (Å²) in [4.78, 5) is 14.9. The number of rotatable bonds is 5. The lowest BCUT2D eigenvalue weighted by Crippen LogP contribution is -2.31. The Balaban J connectivity index is 1.57. The molecule has 4 aromatic rings. The summed E-state index contributed by atoms with van der Waals surface area (Å²) in [6, 6.07) is 15.9. The zero-order valence-electron chi connectivity index (χ0n) is 16.0. The number of nitrogens with zero attached hydrogens (tertiary/aromatic N) is 5. The van der Waals surface area contributed by atoms with Crippen molar-refractivity contribution in [3.8, 4) is 0 Å². The Morgan fingerprint density at radius 2 is 1.93 bits per heavy atom. The summed E-state index contributed by atoms with van der Waals surface area (Å²) in [5, 5.41) is 14.0. The van der Waals surface area contributed by atoms with Crippen LogP contribution in [0.1, 0.15) is 29.5 Å². The molecule has 0 spiro atoms. The van der Waals surface area contributed by atoms with Crippen LogP contribution in [-0.4, -0.2) is 30.8 Å². The number of hydrogen-bond acceptors (Lipinski definition) is 4. The van der Waals surface area contributed by atoms with Crippen molar-refractivity contribution in [3.05, 3.63) is 70.2 Å². The number of aromatic nitrogens is 4. The fourth-order valence-electron chi connectivity index (χ4n) is 3.74. The topological polar surface area (TPSA) is 63.4 Å². The van der Waals surface area contributed by atoms with Crippen molar-refractivity contribution in [1.82, 2.24) is 24.9 Å². The van der Waals surface area contributed by atoms with Gasteiger partial charge in [-0.2, -0.15) is 4.52 Å². The average molecular weight is 406 g/mol. The van der Waals surface area contributed by atoms with Gasteiger partial charge in [-0.25, -0.2) is 0 Å². The highest BCUT2D eigenvalue weighted by molar-refractivity contribution is 6.31. The van der Waals surface area contributed by atoms with E-state index in [0.29, 0.717) is 23.8 Å². The number of fused-ring (bicyclic) bond motifs is 3. The Morgan fingerprint density at radius 3 is 2.72 bits per heavy atom. The zero-order chi connectivity index (χ0) is 20.0. The Bertz CT molecular complexity index is 1230. The molecule has 2 aromatic carbocycles. The standard InChI is InChI=1S/C22H20ClN5O/c1-14-6-9-20-17(10-14)11-18(21-24-25-26-28(20)21)13-27(22(29)15-7-8-15)12-16-4-2-3-5-19(16)23/h2-6,9-11,15H,7-8,12-13H2,1H3. The smallest absolute Gasteiger partial charge is 0.226 e. The fraction of sp³-hybridized carbons (Fsp3) is 0.273. The minimum absolute atomic E-state index is 0.118. The molecule has 7 heteroatoms. The van der Waals surface area contributed by atoms with E-state index in [2.05, 4.69) is 34.6 Å². The van der Waals surface area contributed by atoms with Gasteiger partial charge in [-0.15, -0.1) is 5.10 Å². The number of halogens is 1.